The number of nitro benzene ring substituents is 1. The molecule has 6 nitrogen and oxygen atoms in total. The number of nitro groups is 1. The summed E-state index contributed by atoms with van der Waals surface area (Å²) in [6, 6.07) is 5.52. The molecule has 1 aliphatic rings. The number of hydrogen-bond acceptors (Lipinski definition) is 5. The Labute approximate surface area is 96.3 Å². The van der Waals surface area contributed by atoms with Crippen molar-refractivity contribution >= 4 is 17.2 Å². The molecule has 1 aromatic rings. The van der Waals surface area contributed by atoms with Gasteiger partial charge in [0.1, 0.15) is 0 Å². The lowest BCUT2D eigenvalue weighted by Crippen LogP contribution is -2.26. The second kappa shape index (κ2) is 3.67. The van der Waals surface area contributed by atoms with Gasteiger partial charge in [0, 0.05) is 30.7 Å². The second-order valence-corrected chi connectivity index (χ2v) is 3.77. The third-order valence-electron chi connectivity index (χ3n) is 2.45. The molecule has 2 rings (SSSR count). The maximum Gasteiger partial charge on any atom is 0.334 e. The zero-order chi connectivity index (χ0) is 12.6. The number of non-ortho nitro benzene ring substituents is 1. The standard InChI is InChI=1S/C11H9NO5/c1-11(14)9(6-10(13)17-11)7-2-4-8(5-3-7)12(15)16/h2-6,14H,1H3. The summed E-state index contributed by atoms with van der Waals surface area (Å²) >= 11 is 0. The molecule has 0 radical (unpaired) electrons. The van der Waals surface area contributed by atoms with Crippen molar-refractivity contribution in [2.24, 2.45) is 0 Å². The summed E-state index contributed by atoms with van der Waals surface area (Å²) in [4.78, 5) is 21.0. The van der Waals surface area contributed by atoms with Gasteiger partial charge in [-0.15, -0.1) is 0 Å². The van der Waals surface area contributed by atoms with Crippen LogP contribution >= 0.6 is 0 Å². The number of carbonyl (C=O) groups excluding carboxylic acids is 1. The summed E-state index contributed by atoms with van der Waals surface area (Å²) in [6.07, 6.45) is 1.17. The van der Waals surface area contributed by atoms with E-state index in [4.69, 9.17) is 0 Å². The normalized spacial score (nSPS) is 23.2. The molecule has 0 spiro atoms. The molecule has 17 heavy (non-hydrogen) atoms. The Morgan fingerprint density at radius 1 is 1.35 bits per heavy atom. The minimum Gasteiger partial charge on any atom is -0.426 e. The Balaban J connectivity index is 2.38. The van der Waals surface area contributed by atoms with Crippen molar-refractivity contribution in [3.63, 3.8) is 0 Å². The number of ether oxygens (including phenoxy) is 1. The highest BCUT2D eigenvalue weighted by Gasteiger charge is 2.37. The van der Waals surface area contributed by atoms with Crippen molar-refractivity contribution in [2.75, 3.05) is 0 Å². The first kappa shape index (κ1) is 11.3. The minimum atomic E-state index is -1.69. The number of carbonyl (C=O) groups is 1. The molecule has 0 saturated carbocycles. The van der Waals surface area contributed by atoms with Crippen LogP contribution < -0.4 is 0 Å². The van der Waals surface area contributed by atoms with Gasteiger partial charge in [0.25, 0.3) is 5.69 Å². The molecule has 1 aliphatic heterocycles. The summed E-state index contributed by atoms with van der Waals surface area (Å²) in [7, 11) is 0. The number of aliphatic hydroxyl groups is 1. The van der Waals surface area contributed by atoms with Crippen LogP contribution in [-0.2, 0) is 9.53 Å². The van der Waals surface area contributed by atoms with E-state index in [1.165, 1.54) is 37.3 Å². The smallest absolute Gasteiger partial charge is 0.334 e. The fraction of sp³-hybridized carbons (Fsp3) is 0.182. The van der Waals surface area contributed by atoms with Gasteiger partial charge in [0.05, 0.1) is 4.92 Å². The Bertz CT molecular complexity index is 515. The molecule has 0 amide bonds. The highest BCUT2D eigenvalue weighted by atomic mass is 16.7. The van der Waals surface area contributed by atoms with Crippen molar-refractivity contribution in [1.29, 1.82) is 0 Å². The number of nitrogens with zero attached hydrogens (tertiary/aromatic N) is 1. The lowest BCUT2D eigenvalue weighted by atomic mass is 9.99. The first-order valence-corrected chi connectivity index (χ1v) is 4.82. The van der Waals surface area contributed by atoms with Crippen molar-refractivity contribution in [1.82, 2.24) is 0 Å². The Hall–Kier alpha value is -2.21. The van der Waals surface area contributed by atoms with E-state index in [1.807, 2.05) is 0 Å². The van der Waals surface area contributed by atoms with Gasteiger partial charge in [0.15, 0.2) is 0 Å². The van der Waals surface area contributed by atoms with Gasteiger partial charge >= 0.3 is 5.97 Å². The van der Waals surface area contributed by atoms with Gasteiger partial charge in [-0.1, -0.05) is 0 Å². The Morgan fingerprint density at radius 2 is 1.94 bits per heavy atom. The third kappa shape index (κ3) is 2.02. The van der Waals surface area contributed by atoms with Crippen LogP contribution in [0.2, 0.25) is 0 Å². The van der Waals surface area contributed by atoms with E-state index in [-0.39, 0.29) is 11.3 Å². The number of hydrogen-bond donors (Lipinski definition) is 1. The molecule has 88 valence electrons. The molecule has 0 saturated heterocycles. The lowest BCUT2D eigenvalue weighted by Gasteiger charge is -2.19. The fourth-order valence-corrected chi connectivity index (χ4v) is 1.65. The van der Waals surface area contributed by atoms with Gasteiger partial charge < -0.3 is 9.84 Å². The molecule has 1 N–H and O–H groups in total. The van der Waals surface area contributed by atoms with Crippen LogP contribution in [0, 0.1) is 10.1 Å². The van der Waals surface area contributed by atoms with Crippen LogP contribution in [0.3, 0.4) is 0 Å². The summed E-state index contributed by atoms with van der Waals surface area (Å²) < 4.78 is 4.68. The van der Waals surface area contributed by atoms with E-state index in [1.54, 1.807) is 0 Å². The molecule has 1 unspecified atom stereocenters. The summed E-state index contributed by atoms with van der Waals surface area (Å²) in [6.45, 7) is 1.34. The molecular weight excluding hydrogens is 226 g/mol. The first-order chi connectivity index (χ1) is 7.90. The summed E-state index contributed by atoms with van der Waals surface area (Å²) in [5.74, 6) is -2.32. The summed E-state index contributed by atoms with van der Waals surface area (Å²) in [5, 5.41) is 20.3. The zero-order valence-electron chi connectivity index (χ0n) is 8.91. The topological polar surface area (TPSA) is 89.7 Å². The lowest BCUT2D eigenvalue weighted by molar-refractivity contribution is -0.384. The molecule has 1 atom stereocenters. The van der Waals surface area contributed by atoms with Crippen molar-refractivity contribution < 1.29 is 19.6 Å². The van der Waals surface area contributed by atoms with Crippen LogP contribution in [0.25, 0.3) is 5.57 Å². The van der Waals surface area contributed by atoms with Gasteiger partial charge in [-0.05, 0) is 17.7 Å². The van der Waals surface area contributed by atoms with E-state index in [9.17, 15) is 20.0 Å². The largest absolute Gasteiger partial charge is 0.426 e. The number of rotatable bonds is 2. The zero-order valence-corrected chi connectivity index (χ0v) is 8.91. The van der Waals surface area contributed by atoms with Gasteiger partial charge in [-0.3, -0.25) is 10.1 Å². The number of esters is 1. The van der Waals surface area contributed by atoms with Crippen molar-refractivity contribution in [2.45, 2.75) is 12.7 Å². The van der Waals surface area contributed by atoms with Gasteiger partial charge in [-0.25, -0.2) is 4.79 Å². The van der Waals surface area contributed by atoms with E-state index < -0.39 is 16.7 Å². The van der Waals surface area contributed by atoms with E-state index >= 15 is 0 Å². The Kier molecular flexibility index (Phi) is 2.44. The predicted molar refractivity (Wildman–Crippen MR) is 57.8 cm³/mol. The minimum absolute atomic E-state index is 0.0563. The number of benzene rings is 1. The van der Waals surface area contributed by atoms with E-state index in [2.05, 4.69) is 4.74 Å². The average molecular weight is 235 g/mol. The van der Waals surface area contributed by atoms with Gasteiger partial charge in [-0.2, -0.15) is 0 Å². The van der Waals surface area contributed by atoms with Crippen molar-refractivity contribution in [3.8, 4) is 0 Å². The molecular formula is C11H9NO5. The maximum absolute atomic E-state index is 11.1. The van der Waals surface area contributed by atoms with Crippen molar-refractivity contribution in [3.05, 3.63) is 46.0 Å². The monoisotopic (exact) mass is 235 g/mol. The van der Waals surface area contributed by atoms with Crippen LogP contribution in [0.1, 0.15) is 12.5 Å². The van der Waals surface area contributed by atoms with Crippen LogP contribution in [0.4, 0.5) is 5.69 Å². The first-order valence-electron chi connectivity index (χ1n) is 4.82. The average Bonchev–Trinajstić information content (AvgIpc) is 2.52. The van der Waals surface area contributed by atoms with E-state index in [0.717, 1.165) is 0 Å². The number of cyclic esters (lactones) is 1. The van der Waals surface area contributed by atoms with Crippen LogP contribution in [0.15, 0.2) is 30.3 Å². The second-order valence-electron chi connectivity index (χ2n) is 3.77. The molecule has 0 aliphatic carbocycles. The molecule has 0 aromatic heterocycles. The van der Waals surface area contributed by atoms with Crippen LogP contribution in [0.5, 0.6) is 0 Å². The molecule has 1 heterocycles. The van der Waals surface area contributed by atoms with E-state index in [0.29, 0.717) is 5.56 Å². The van der Waals surface area contributed by atoms with Crippen LogP contribution in [-0.4, -0.2) is 21.8 Å². The van der Waals surface area contributed by atoms with Gasteiger partial charge in [0.2, 0.25) is 5.79 Å². The SMILES string of the molecule is CC1(O)OC(=O)C=C1c1ccc([N+](=O)[O-])cc1. The quantitative estimate of drug-likeness (QED) is 0.473. The molecule has 0 fully saturated rings. The molecule has 6 heteroatoms. The summed E-state index contributed by atoms with van der Waals surface area (Å²) in [5.41, 5.74) is 0.739. The maximum atomic E-state index is 11.1. The highest BCUT2D eigenvalue weighted by Crippen LogP contribution is 2.33. The fourth-order valence-electron chi connectivity index (χ4n) is 1.65. The highest BCUT2D eigenvalue weighted by molar-refractivity contribution is 5.98. The predicted octanol–water partition coefficient (Wildman–Crippen LogP) is 1.24. The Morgan fingerprint density at radius 3 is 2.35 bits per heavy atom. The molecule has 1 aromatic carbocycles. The molecule has 0 bridgehead atoms. The third-order valence-corrected chi connectivity index (χ3v) is 2.45.